The van der Waals surface area contributed by atoms with Crippen LogP contribution >= 0.6 is 11.3 Å². The van der Waals surface area contributed by atoms with E-state index in [0.29, 0.717) is 5.56 Å². The first-order valence-corrected chi connectivity index (χ1v) is 8.51. The summed E-state index contributed by atoms with van der Waals surface area (Å²) in [5.74, 6) is 0.613. The van der Waals surface area contributed by atoms with Crippen molar-refractivity contribution in [3.8, 4) is 0 Å². The molecule has 0 aliphatic carbocycles. The van der Waals surface area contributed by atoms with Crippen molar-refractivity contribution in [2.45, 2.75) is 32.7 Å². The highest BCUT2D eigenvalue weighted by Gasteiger charge is 2.19. The number of anilines is 1. The minimum atomic E-state index is -0.121. The third-order valence-electron chi connectivity index (χ3n) is 3.99. The van der Waals surface area contributed by atoms with Gasteiger partial charge in [-0.25, -0.2) is 9.97 Å². The number of hydrogen-bond acceptors (Lipinski definition) is 5. The average molecular weight is 316 g/mol. The summed E-state index contributed by atoms with van der Waals surface area (Å²) in [4.78, 5) is 23.4. The Morgan fingerprint density at radius 3 is 2.82 bits per heavy atom. The fourth-order valence-corrected chi connectivity index (χ4v) is 3.38. The summed E-state index contributed by atoms with van der Waals surface area (Å²) >= 11 is 1.63. The van der Waals surface area contributed by atoms with Crippen LogP contribution < -0.4 is 10.2 Å². The molecular weight excluding hydrogens is 296 g/mol. The number of nitrogens with one attached hydrogen (secondary N) is 1. The Balaban J connectivity index is 1.72. The number of hydrogen-bond donors (Lipinski definition) is 1. The van der Waals surface area contributed by atoms with E-state index in [1.807, 2.05) is 30.7 Å². The summed E-state index contributed by atoms with van der Waals surface area (Å²) in [6, 6.07) is 2.01. The molecule has 3 rings (SSSR count). The fraction of sp³-hybridized carbons (Fsp3) is 0.438. The molecule has 0 saturated carbocycles. The Kier molecular flexibility index (Phi) is 4.38. The molecule has 3 heterocycles. The molecule has 1 saturated heterocycles. The van der Waals surface area contributed by atoms with E-state index in [-0.39, 0.29) is 11.9 Å². The molecule has 1 aliphatic heterocycles. The van der Waals surface area contributed by atoms with Crippen LogP contribution in [0.1, 0.15) is 47.4 Å². The van der Waals surface area contributed by atoms with Crippen molar-refractivity contribution >= 4 is 23.2 Å². The highest BCUT2D eigenvalue weighted by atomic mass is 32.1. The van der Waals surface area contributed by atoms with Crippen LogP contribution in [0.4, 0.5) is 5.95 Å². The summed E-state index contributed by atoms with van der Waals surface area (Å²) in [7, 11) is 0. The van der Waals surface area contributed by atoms with Gasteiger partial charge in [0.1, 0.15) is 0 Å². The van der Waals surface area contributed by atoms with Crippen LogP contribution in [0.15, 0.2) is 23.0 Å². The molecule has 116 valence electrons. The normalized spacial score (nSPS) is 15.8. The Labute approximate surface area is 134 Å². The summed E-state index contributed by atoms with van der Waals surface area (Å²) in [5, 5.41) is 7.06. The maximum Gasteiger partial charge on any atom is 0.255 e. The van der Waals surface area contributed by atoms with Gasteiger partial charge in [-0.15, -0.1) is 0 Å². The third kappa shape index (κ3) is 3.11. The zero-order valence-corrected chi connectivity index (χ0v) is 13.7. The summed E-state index contributed by atoms with van der Waals surface area (Å²) < 4.78 is 0. The molecule has 0 aromatic carbocycles. The molecule has 1 atom stereocenters. The molecule has 2 aromatic rings. The van der Waals surface area contributed by atoms with Gasteiger partial charge in [-0.2, -0.15) is 11.3 Å². The van der Waals surface area contributed by atoms with Crippen molar-refractivity contribution in [3.05, 3.63) is 39.8 Å². The van der Waals surface area contributed by atoms with Gasteiger partial charge in [0.25, 0.3) is 5.91 Å². The lowest BCUT2D eigenvalue weighted by Crippen LogP contribution is -2.28. The molecule has 0 bridgehead atoms. The smallest absolute Gasteiger partial charge is 0.255 e. The average Bonchev–Trinajstić information content (AvgIpc) is 3.20. The second-order valence-electron chi connectivity index (χ2n) is 5.62. The molecule has 1 N–H and O–H groups in total. The van der Waals surface area contributed by atoms with E-state index < -0.39 is 0 Å². The van der Waals surface area contributed by atoms with Gasteiger partial charge in [0, 0.05) is 19.3 Å². The molecular formula is C16H20N4OS. The number of carbonyl (C=O) groups is 1. The van der Waals surface area contributed by atoms with Crippen LogP contribution in [0.3, 0.4) is 0 Å². The number of amides is 1. The molecule has 1 aliphatic rings. The molecule has 1 fully saturated rings. The quantitative estimate of drug-likeness (QED) is 0.942. The van der Waals surface area contributed by atoms with Crippen molar-refractivity contribution in [2.24, 2.45) is 0 Å². The number of thiophene rings is 1. The highest BCUT2D eigenvalue weighted by Crippen LogP contribution is 2.19. The van der Waals surface area contributed by atoms with Crippen molar-refractivity contribution < 1.29 is 4.79 Å². The van der Waals surface area contributed by atoms with E-state index in [1.165, 1.54) is 12.8 Å². The minimum Gasteiger partial charge on any atom is -0.345 e. The predicted molar refractivity (Wildman–Crippen MR) is 88.4 cm³/mol. The monoisotopic (exact) mass is 316 g/mol. The number of aryl methyl sites for hydroxylation is 1. The van der Waals surface area contributed by atoms with Crippen molar-refractivity contribution in [2.75, 3.05) is 18.0 Å². The van der Waals surface area contributed by atoms with Crippen LogP contribution in [-0.4, -0.2) is 29.0 Å². The number of rotatable bonds is 4. The van der Waals surface area contributed by atoms with Gasteiger partial charge in [0.05, 0.1) is 17.3 Å². The van der Waals surface area contributed by atoms with E-state index in [9.17, 15) is 4.79 Å². The summed E-state index contributed by atoms with van der Waals surface area (Å²) in [6.07, 6.45) is 4.01. The van der Waals surface area contributed by atoms with Crippen molar-refractivity contribution in [1.82, 2.24) is 15.3 Å². The fourth-order valence-electron chi connectivity index (χ4n) is 2.63. The Morgan fingerprint density at radius 2 is 2.18 bits per heavy atom. The number of aromatic nitrogens is 2. The second kappa shape index (κ2) is 6.44. The molecule has 22 heavy (non-hydrogen) atoms. The SMILES string of the molecule is Cc1nc(N2CCCC2)ncc1C(=O)NC(C)c1ccsc1. The Morgan fingerprint density at radius 1 is 1.41 bits per heavy atom. The van der Waals surface area contributed by atoms with Gasteiger partial charge in [-0.05, 0) is 49.1 Å². The molecule has 1 amide bonds. The van der Waals surface area contributed by atoms with Gasteiger partial charge in [-0.1, -0.05) is 0 Å². The van der Waals surface area contributed by atoms with Gasteiger partial charge < -0.3 is 10.2 Å². The Bertz CT molecular complexity index is 650. The predicted octanol–water partition coefficient (Wildman–Crippen LogP) is 2.94. The van der Waals surface area contributed by atoms with Crippen molar-refractivity contribution in [1.29, 1.82) is 0 Å². The van der Waals surface area contributed by atoms with E-state index in [0.717, 1.165) is 30.3 Å². The van der Waals surface area contributed by atoms with Crippen LogP contribution in [0.5, 0.6) is 0 Å². The van der Waals surface area contributed by atoms with Gasteiger partial charge in [0.2, 0.25) is 5.95 Å². The van der Waals surface area contributed by atoms with Gasteiger partial charge in [-0.3, -0.25) is 4.79 Å². The Hall–Kier alpha value is -1.95. The highest BCUT2D eigenvalue weighted by molar-refractivity contribution is 7.07. The standard InChI is InChI=1S/C16H20N4OS/c1-11(13-5-8-22-10-13)18-15(21)14-9-17-16(19-12(14)2)20-6-3-4-7-20/h5,8-11H,3-4,6-7H2,1-2H3,(H,18,21). The molecule has 6 heteroatoms. The van der Waals surface area contributed by atoms with Crippen LogP contribution in [0.25, 0.3) is 0 Å². The maximum absolute atomic E-state index is 12.4. The van der Waals surface area contributed by atoms with Gasteiger partial charge >= 0.3 is 0 Å². The zero-order chi connectivity index (χ0) is 15.5. The maximum atomic E-state index is 12.4. The topological polar surface area (TPSA) is 58.1 Å². The lowest BCUT2D eigenvalue weighted by atomic mass is 10.1. The van der Waals surface area contributed by atoms with Crippen LogP contribution in [0.2, 0.25) is 0 Å². The molecule has 1 unspecified atom stereocenters. The zero-order valence-electron chi connectivity index (χ0n) is 12.9. The van der Waals surface area contributed by atoms with Crippen LogP contribution in [0, 0.1) is 6.92 Å². The molecule has 5 nitrogen and oxygen atoms in total. The molecule has 0 spiro atoms. The first-order chi connectivity index (χ1) is 10.6. The number of nitrogens with zero attached hydrogens (tertiary/aromatic N) is 3. The summed E-state index contributed by atoms with van der Waals surface area (Å²) in [6.45, 7) is 5.85. The van der Waals surface area contributed by atoms with E-state index >= 15 is 0 Å². The number of carbonyl (C=O) groups excluding carboxylic acids is 1. The lowest BCUT2D eigenvalue weighted by molar-refractivity contribution is 0.0938. The molecule has 0 radical (unpaired) electrons. The third-order valence-corrected chi connectivity index (χ3v) is 4.69. The van der Waals surface area contributed by atoms with Gasteiger partial charge in [0.15, 0.2) is 0 Å². The summed E-state index contributed by atoms with van der Waals surface area (Å²) in [5.41, 5.74) is 2.39. The largest absolute Gasteiger partial charge is 0.345 e. The van der Waals surface area contributed by atoms with E-state index in [4.69, 9.17) is 0 Å². The van der Waals surface area contributed by atoms with E-state index in [1.54, 1.807) is 17.5 Å². The van der Waals surface area contributed by atoms with Crippen LogP contribution in [-0.2, 0) is 0 Å². The second-order valence-corrected chi connectivity index (χ2v) is 6.40. The molecule has 2 aromatic heterocycles. The lowest BCUT2D eigenvalue weighted by Gasteiger charge is -2.17. The first kappa shape index (κ1) is 15.0. The first-order valence-electron chi connectivity index (χ1n) is 7.56. The minimum absolute atomic E-state index is 0.0172. The van der Waals surface area contributed by atoms with Crippen molar-refractivity contribution in [3.63, 3.8) is 0 Å². The van der Waals surface area contributed by atoms with E-state index in [2.05, 4.69) is 20.2 Å².